The molecule has 0 N–H and O–H groups in total. The summed E-state index contributed by atoms with van der Waals surface area (Å²) in [5.41, 5.74) is 0. The third-order valence-electron chi connectivity index (χ3n) is 5.99. The Morgan fingerprint density at radius 1 is 0.615 bits per heavy atom. The van der Waals surface area contributed by atoms with Crippen molar-refractivity contribution in [3.8, 4) is 0 Å². The van der Waals surface area contributed by atoms with E-state index >= 15 is 0 Å². The molecule has 0 radical (unpaired) electrons. The molecule has 0 aliphatic heterocycles. The van der Waals surface area contributed by atoms with Crippen molar-refractivity contribution in [1.82, 2.24) is 0 Å². The van der Waals surface area contributed by atoms with Crippen LogP contribution in [0, 0.1) is 0 Å². The molecule has 1 aromatic rings. The average molecular weight is 532 g/mol. The second-order valence-electron chi connectivity index (χ2n) is 8.37. The fourth-order valence-corrected chi connectivity index (χ4v) is 30.1. The van der Waals surface area contributed by atoms with Crippen LogP contribution in [-0.4, -0.2) is 32.9 Å². The van der Waals surface area contributed by atoms with E-state index in [1.54, 1.807) is 13.3 Å². The van der Waals surface area contributed by atoms with Crippen LogP contribution in [-0.2, 0) is 6.42 Å². The van der Waals surface area contributed by atoms with Crippen LogP contribution >= 0.6 is 0 Å². The molecule has 0 saturated carbocycles. The first kappa shape index (κ1) is 24.8. The number of hydrogen-bond donors (Lipinski definition) is 0. The predicted molar refractivity (Wildman–Crippen MR) is 125 cm³/mol. The first-order valence-corrected chi connectivity index (χ1v) is 21.0. The van der Waals surface area contributed by atoms with Crippen LogP contribution in [0.3, 0.4) is 0 Å². The fourth-order valence-electron chi connectivity index (χ4n) is 4.17. The van der Waals surface area contributed by atoms with E-state index in [4.69, 9.17) is 0 Å². The van der Waals surface area contributed by atoms with Gasteiger partial charge in [-0.05, 0) is 0 Å². The Bertz CT molecular complexity index is 415. The molecular formula is C24H46SeSn. The first-order chi connectivity index (χ1) is 12.7. The standard InChI is InChI=1S/C12H19Se.3C4H9.Sn/c1-2-3-4-5-6-7-9-12-10-8-11-13-12;3*1-3-4-2;/h8,10H,2-7,9H2,1H3;3*1,3-4H2,2H3;. The van der Waals surface area contributed by atoms with Gasteiger partial charge in [0.05, 0.1) is 0 Å². The van der Waals surface area contributed by atoms with E-state index in [-0.39, 0.29) is 0 Å². The Morgan fingerprint density at radius 3 is 1.65 bits per heavy atom. The molecule has 0 atom stereocenters. The zero-order valence-corrected chi connectivity index (χ0v) is 22.9. The summed E-state index contributed by atoms with van der Waals surface area (Å²) in [6, 6.07) is 5.25. The molecule has 152 valence electrons. The van der Waals surface area contributed by atoms with Crippen molar-refractivity contribution in [3.63, 3.8) is 0 Å². The van der Waals surface area contributed by atoms with Crippen LogP contribution in [0.5, 0.6) is 0 Å². The van der Waals surface area contributed by atoms with Crippen molar-refractivity contribution in [2.24, 2.45) is 0 Å². The van der Waals surface area contributed by atoms with Gasteiger partial charge in [0, 0.05) is 0 Å². The van der Waals surface area contributed by atoms with Gasteiger partial charge in [-0.15, -0.1) is 0 Å². The molecule has 2 heteroatoms. The summed E-state index contributed by atoms with van der Waals surface area (Å²) < 4.78 is 8.86. The summed E-state index contributed by atoms with van der Waals surface area (Å²) in [6.07, 6.45) is 18.7. The molecule has 1 rings (SSSR count). The molecule has 26 heavy (non-hydrogen) atoms. The van der Waals surface area contributed by atoms with Gasteiger partial charge < -0.3 is 0 Å². The molecule has 0 fully saturated rings. The van der Waals surface area contributed by atoms with E-state index in [0.29, 0.717) is 0 Å². The SMILES string of the molecule is CCCCCCCCc1cc[c]([Sn]([CH2]CCC)([CH2]CCC)[CH2]CCC)[se]1. The van der Waals surface area contributed by atoms with Crippen molar-refractivity contribution < 1.29 is 0 Å². The molecule has 1 aromatic heterocycles. The Labute approximate surface area is 175 Å². The Hall–Kier alpha value is 0.798. The van der Waals surface area contributed by atoms with E-state index < -0.39 is 18.4 Å². The molecular weight excluding hydrogens is 486 g/mol. The molecule has 0 unspecified atom stereocenters. The fraction of sp³-hybridized carbons (Fsp3) is 0.833. The van der Waals surface area contributed by atoms with Crippen molar-refractivity contribution in [2.75, 3.05) is 0 Å². The average Bonchev–Trinajstić information content (AvgIpc) is 3.14. The Morgan fingerprint density at radius 2 is 1.12 bits per heavy atom. The molecule has 0 amide bonds. The van der Waals surface area contributed by atoms with Gasteiger partial charge in [-0.3, -0.25) is 0 Å². The van der Waals surface area contributed by atoms with Crippen LogP contribution in [0.15, 0.2) is 12.1 Å². The van der Waals surface area contributed by atoms with Crippen molar-refractivity contribution in [2.45, 2.75) is 124 Å². The summed E-state index contributed by atoms with van der Waals surface area (Å²) in [5, 5.41) is 0. The molecule has 0 saturated heterocycles. The number of rotatable bonds is 17. The predicted octanol–water partition coefficient (Wildman–Crippen LogP) is 7.70. The summed E-state index contributed by atoms with van der Waals surface area (Å²) in [5.74, 6) is 0. The van der Waals surface area contributed by atoms with E-state index in [9.17, 15) is 0 Å². The minimum atomic E-state index is -2.09. The van der Waals surface area contributed by atoms with E-state index in [0.717, 1.165) is 14.5 Å². The van der Waals surface area contributed by atoms with Gasteiger partial charge in [-0.25, -0.2) is 0 Å². The van der Waals surface area contributed by atoms with E-state index in [2.05, 4.69) is 42.3 Å². The van der Waals surface area contributed by atoms with Gasteiger partial charge in [0.2, 0.25) is 0 Å². The normalized spacial score (nSPS) is 12.0. The van der Waals surface area contributed by atoms with Gasteiger partial charge in [-0.2, -0.15) is 0 Å². The van der Waals surface area contributed by atoms with Crippen LogP contribution in [0.2, 0.25) is 13.3 Å². The third-order valence-corrected chi connectivity index (χ3v) is 30.3. The van der Waals surface area contributed by atoms with Crippen molar-refractivity contribution in [1.29, 1.82) is 0 Å². The first-order valence-electron chi connectivity index (χ1n) is 11.8. The Kier molecular flexibility index (Phi) is 15.0. The molecule has 0 aliphatic carbocycles. The van der Waals surface area contributed by atoms with Crippen molar-refractivity contribution >= 4 is 35.3 Å². The maximum absolute atomic E-state index is 2.67. The zero-order valence-electron chi connectivity index (χ0n) is 18.4. The van der Waals surface area contributed by atoms with E-state index in [1.165, 1.54) is 83.5 Å². The van der Waals surface area contributed by atoms with Crippen molar-refractivity contribution in [3.05, 3.63) is 16.6 Å². The minimum absolute atomic E-state index is 0.745. The molecule has 0 aliphatic rings. The molecule has 0 aromatic carbocycles. The number of hydrogen-bond acceptors (Lipinski definition) is 0. The summed E-state index contributed by atoms with van der Waals surface area (Å²) in [4.78, 5) is 0. The number of aryl methyl sites for hydroxylation is 1. The summed E-state index contributed by atoms with van der Waals surface area (Å²) in [6.45, 7) is 9.50. The van der Waals surface area contributed by atoms with Gasteiger partial charge in [-0.1, -0.05) is 0 Å². The second-order valence-corrected chi connectivity index (χ2v) is 26.3. The van der Waals surface area contributed by atoms with Gasteiger partial charge >= 0.3 is 176 Å². The Balaban J connectivity index is 2.71. The maximum atomic E-state index is 2.67. The van der Waals surface area contributed by atoms with Crippen LogP contribution in [0.4, 0.5) is 0 Å². The topological polar surface area (TPSA) is 0 Å². The summed E-state index contributed by atoms with van der Waals surface area (Å²) in [7, 11) is 0. The second kappa shape index (κ2) is 15.7. The molecule has 1 heterocycles. The monoisotopic (exact) mass is 534 g/mol. The van der Waals surface area contributed by atoms with Gasteiger partial charge in [0.1, 0.15) is 0 Å². The quantitative estimate of drug-likeness (QED) is 0.143. The van der Waals surface area contributed by atoms with Crippen LogP contribution in [0.25, 0.3) is 0 Å². The molecule has 0 spiro atoms. The van der Waals surface area contributed by atoms with Gasteiger partial charge in [0.15, 0.2) is 0 Å². The molecule has 0 bridgehead atoms. The van der Waals surface area contributed by atoms with Crippen LogP contribution < -0.4 is 2.45 Å². The third kappa shape index (κ3) is 9.33. The zero-order chi connectivity index (χ0) is 19.1. The van der Waals surface area contributed by atoms with Gasteiger partial charge in [0.25, 0.3) is 0 Å². The number of unbranched alkanes of at least 4 members (excludes halogenated alkanes) is 8. The van der Waals surface area contributed by atoms with E-state index in [1.807, 2.05) is 4.44 Å². The summed E-state index contributed by atoms with van der Waals surface area (Å²) >= 11 is -1.34. The van der Waals surface area contributed by atoms with Crippen LogP contribution in [0.1, 0.15) is 109 Å². The molecule has 0 nitrogen and oxygen atoms in total.